The van der Waals surface area contributed by atoms with Crippen LogP contribution in [0.4, 0.5) is 13.2 Å². The van der Waals surface area contributed by atoms with Gasteiger partial charge in [0.2, 0.25) is 5.91 Å². The Labute approximate surface area is 102 Å². The zero-order valence-corrected chi connectivity index (χ0v) is 9.59. The molecule has 18 heavy (non-hydrogen) atoms. The van der Waals surface area contributed by atoms with E-state index in [9.17, 15) is 18.0 Å². The molecule has 2 saturated heterocycles. The summed E-state index contributed by atoms with van der Waals surface area (Å²) in [5, 5.41) is 13.4. The van der Waals surface area contributed by atoms with Crippen molar-refractivity contribution >= 4 is 11.9 Å². The summed E-state index contributed by atoms with van der Waals surface area (Å²) in [7, 11) is 0. The van der Waals surface area contributed by atoms with Gasteiger partial charge in [-0.3, -0.25) is 4.79 Å². The van der Waals surface area contributed by atoms with Gasteiger partial charge in [-0.25, -0.2) is 4.79 Å². The van der Waals surface area contributed by atoms with Gasteiger partial charge in [-0.1, -0.05) is 0 Å². The Hall–Kier alpha value is -1.31. The van der Waals surface area contributed by atoms with Gasteiger partial charge in [0, 0.05) is 19.0 Å². The Kier molecular flexibility index (Phi) is 4.94. The van der Waals surface area contributed by atoms with Crippen LogP contribution in [0.1, 0.15) is 19.3 Å². The van der Waals surface area contributed by atoms with Crippen molar-refractivity contribution < 1.29 is 27.9 Å². The van der Waals surface area contributed by atoms with Crippen LogP contribution < -0.4 is 10.6 Å². The highest BCUT2D eigenvalue weighted by molar-refractivity contribution is 5.77. The summed E-state index contributed by atoms with van der Waals surface area (Å²) in [5.74, 6) is -1.78. The summed E-state index contributed by atoms with van der Waals surface area (Å²) in [6.07, 6.45) is -2.02. The van der Waals surface area contributed by atoms with E-state index in [1.807, 2.05) is 0 Å². The van der Waals surface area contributed by atoms with E-state index < -0.39 is 12.1 Å². The predicted octanol–water partition coefficient (Wildman–Crippen LogP) is 0.508. The number of alkyl halides is 3. The first-order chi connectivity index (χ1) is 8.30. The number of carbonyl (C=O) groups is 2. The Morgan fingerprint density at radius 1 is 1.33 bits per heavy atom. The number of carbonyl (C=O) groups excluding carboxylic acids is 1. The van der Waals surface area contributed by atoms with Crippen molar-refractivity contribution in [2.75, 3.05) is 13.1 Å². The van der Waals surface area contributed by atoms with Crippen molar-refractivity contribution in [3.63, 3.8) is 0 Å². The van der Waals surface area contributed by atoms with E-state index in [1.165, 1.54) is 6.42 Å². The van der Waals surface area contributed by atoms with Gasteiger partial charge in [0.15, 0.2) is 0 Å². The molecule has 2 fully saturated rings. The standard InChI is InChI=1S/C8H14N2O.C2HF3O2/c11-8-2-1-6-3-4-9-5-7(6)10-8;3-2(4,5)1(6)7/h6-7,9H,1-5H2,(H,10,11);(H,6,7)/t6-,7+;/m0./s1. The van der Waals surface area contributed by atoms with Gasteiger partial charge in [-0.2, -0.15) is 13.2 Å². The molecule has 5 nitrogen and oxygen atoms in total. The third kappa shape index (κ3) is 4.52. The van der Waals surface area contributed by atoms with Crippen LogP contribution in [0.3, 0.4) is 0 Å². The molecule has 2 heterocycles. The first kappa shape index (κ1) is 14.7. The molecule has 0 spiro atoms. The quantitative estimate of drug-likeness (QED) is 0.598. The van der Waals surface area contributed by atoms with Crippen LogP contribution in [0, 0.1) is 5.92 Å². The van der Waals surface area contributed by atoms with Gasteiger partial charge in [-0.15, -0.1) is 0 Å². The maximum atomic E-state index is 11.0. The maximum Gasteiger partial charge on any atom is 0.490 e. The Bertz CT molecular complexity index is 320. The topological polar surface area (TPSA) is 78.4 Å². The number of fused-ring (bicyclic) bond motifs is 1. The van der Waals surface area contributed by atoms with E-state index in [1.54, 1.807) is 0 Å². The minimum atomic E-state index is -5.08. The highest BCUT2D eigenvalue weighted by Crippen LogP contribution is 2.22. The molecule has 0 aromatic rings. The third-order valence-electron chi connectivity index (χ3n) is 2.96. The fraction of sp³-hybridized carbons (Fsp3) is 0.800. The average Bonchev–Trinajstić information content (AvgIpc) is 2.28. The molecular formula is C10H15F3N2O3. The molecule has 8 heteroatoms. The molecule has 0 unspecified atom stereocenters. The molecule has 104 valence electrons. The van der Waals surface area contributed by atoms with Gasteiger partial charge in [-0.05, 0) is 25.3 Å². The van der Waals surface area contributed by atoms with Crippen molar-refractivity contribution in [2.24, 2.45) is 5.92 Å². The fourth-order valence-electron chi connectivity index (χ4n) is 2.02. The molecule has 0 saturated carbocycles. The lowest BCUT2D eigenvalue weighted by atomic mass is 9.85. The summed E-state index contributed by atoms with van der Waals surface area (Å²) in [6.45, 7) is 2.09. The summed E-state index contributed by atoms with van der Waals surface area (Å²) < 4.78 is 31.7. The number of carboxylic acid groups (broad SMARTS) is 1. The number of aliphatic carboxylic acids is 1. The van der Waals surface area contributed by atoms with Gasteiger partial charge in [0.05, 0.1) is 0 Å². The monoisotopic (exact) mass is 268 g/mol. The Morgan fingerprint density at radius 3 is 2.50 bits per heavy atom. The summed E-state index contributed by atoms with van der Waals surface area (Å²) >= 11 is 0. The first-order valence-corrected chi connectivity index (χ1v) is 5.61. The number of rotatable bonds is 0. The van der Waals surface area contributed by atoms with Crippen molar-refractivity contribution in [2.45, 2.75) is 31.5 Å². The Balaban J connectivity index is 0.000000203. The van der Waals surface area contributed by atoms with Crippen molar-refractivity contribution in [3.05, 3.63) is 0 Å². The molecule has 0 aliphatic carbocycles. The average molecular weight is 268 g/mol. The van der Waals surface area contributed by atoms with Crippen LogP contribution in [0.15, 0.2) is 0 Å². The lowest BCUT2D eigenvalue weighted by molar-refractivity contribution is -0.192. The second-order valence-corrected chi connectivity index (χ2v) is 4.27. The van der Waals surface area contributed by atoms with Crippen molar-refractivity contribution in [3.8, 4) is 0 Å². The van der Waals surface area contributed by atoms with E-state index in [-0.39, 0.29) is 5.91 Å². The SMILES string of the molecule is O=C(O)C(F)(F)F.O=C1CC[C@H]2CCNC[C@H]2N1. The minimum Gasteiger partial charge on any atom is -0.475 e. The number of amides is 1. The fourth-order valence-corrected chi connectivity index (χ4v) is 2.02. The van der Waals surface area contributed by atoms with Crippen LogP contribution in [-0.2, 0) is 9.59 Å². The number of nitrogens with one attached hydrogen (secondary N) is 2. The van der Waals surface area contributed by atoms with Gasteiger partial charge < -0.3 is 15.7 Å². The zero-order chi connectivity index (χ0) is 13.8. The van der Waals surface area contributed by atoms with Crippen LogP contribution in [0.5, 0.6) is 0 Å². The number of piperidine rings is 2. The third-order valence-corrected chi connectivity index (χ3v) is 2.96. The van der Waals surface area contributed by atoms with E-state index in [2.05, 4.69) is 10.6 Å². The molecule has 2 atom stereocenters. The van der Waals surface area contributed by atoms with E-state index in [0.29, 0.717) is 6.04 Å². The lowest BCUT2D eigenvalue weighted by Crippen LogP contribution is -2.53. The lowest BCUT2D eigenvalue weighted by Gasteiger charge is -2.36. The second kappa shape index (κ2) is 6.03. The zero-order valence-electron chi connectivity index (χ0n) is 9.59. The predicted molar refractivity (Wildman–Crippen MR) is 55.8 cm³/mol. The maximum absolute atomic E-state index is 11.0. The van der Waals surface area contributed by atoms with Gasteiger partial charge >= 0.3 is 12.1 Å². The van der Waals surface area contributed by atoms with Crippen molar-refractivity contribution in [1.82, 2.24) is 10.6 Å². The molecule has 2 aliphatic rings. The molecule has 2 rings (SSSR count). The highest BCUT2D eigenvalue weighted by atomic mass is 19.4. The van der Waals surface area contributed by atoms with Crippen LogP contribution in [0.2, 0.25) is 0 Å². The van der Waals surface area contributed by atoms with E-state index >= 15 is 0 Å². The number of carboxylic acids is 1. The second-order valence-electron chi connectivity index (χ2n) is 4.27. The number of hydrogen-bond acceptors (Lipinski definition) is 3. The summed E-state index contributed by atoms with van der Waals surface area (Å²) in [6, 6.07) is 0.421. The smallest absolute Gasteiger partial charge is 0.475 e. The number of halogens is 3. The molecule has 0 bridgehead atoms. The molecular weight excluding hydrogens is 253 g/mol. The molecule has 0 aromatic carbocycles. The largest absolute Gasteiger partial charge is 0.490 e. The summed E-state index contributed by atoms with van der Waals surface area (Å²) in [5.41, 5.74) is 0. The van der Waals surface area contributed by atoms with E-state index in [4.69, 9.17) is 9.90 Å². The van der Waals surface area contributed by atoms with E-state index in [0.717, 1.165) is 31.8 Å². The summed E-state index contributed by atoms with van der Waals surface area (Å²) in [4.78, 5) is 19.9. The van der Waals surface area contributed by atoms with Crippen LogP contribution in [-0.4, -0.2) is 42.3 Å². The van der Waals surface area contributed by atoms with Gasteiger partial charge in [0.25, 0.3) is 0 Å². The molecule has 2 aliphatic heterocycles. The molecule has 1 amide bonds. The van der Waals surface area contributed by atoms with Gasteiger partial charge in [0.1, 0.15) is 0 Å². The minimum absolute atomic E-state index is 0.231. The highest BCUT2D eigenvalue weighted by Gasteiger charge is 2.38. The van der Waals surface area contributed by atoms with Crippen molar-refractivity contribution in [1.29, 1.82) is 0 Å². The van der Waals surface area contributed by atoms with Crippen LogP contribution >= 0.6 is 0 Å². The first-order valence-electron chi connectivity index (χ1n) is 5.61. The molecule has 3 N–H and O–H groups in total. The van der Waals surface area contributed by atoms with Crippen LogP contribution in [0.25, 0.3) is 0 Å². The molecule has 0 radical (unpaired) electrons. The Morgan fingerprint density at radius 2 is 1.94 bits per heavy atom. The number of hydrogen-bond donors (Lipinski definition) is 3. The normalized spacial score (nSPS) is 27.4. The molecule has 0 aromatic heterocycles.